The maximum absolute atomic E-state index is 12.5. The van der Waals surface area contributed by atoms with Crippen LogP contribution in [0.25, 0.3) is 0 Å². The van der Waals surface area contributed by atoms with Gasteiger partial charge in [-0.2, -0.15) is 13.2 Å². The maximum Gasteiger partial charge on any atom is 0.416 e. The number of aliphatic imine (C=N–C) groups is 1. The van der Waals surface area contributed by atoms with Crippen molar-refractivity contribution in [2.24, 2.45) is 4.99 Å². The summed E-state index contributed by atoms with van der Waals surface area (Å²) in [4.78, 5) is 4.40. The zero-order chi connectivity index (χ0) is 15.2. The van der Waals surface area contributed by atoms with Crippen molar-refractivity contribution in [2.45, 2.75) is 12.6 Å². The molecule has 0 bridgehead atoms. The molecule has 0 radical (unpaired) electrons. The first-order chi connectivity index (χ1) is 9.84. The number of hydrogen-bond acceptors (Lipinski definition) is 1. The van der Waals surface area contributed by atoms with Gasteiger partial charge in [-0.25, -0.2) is 0 Å². The minimum absolute atomic E-state index is 0.444. The molecule has 1 heterocycles. The van der Waals surface area contributed by atoms with Gasteiger partial charge < -0.3 is 0 Å². The molecule has 1 nitrogen and oxygen atoms in total. The van der Waals surface area contributed by atoms with Crippen LogP contribution in [0.1, 0.15) is 16.7 Å². The fourth-order valence-electron chi connectivity index (χ4n) is 2.25. The molecule has 0 fully saturated rings. The lowest BCUT2D eigenvalue weighted by Gasteiger charge is -2.07. The van der Waals surface area contributed by atoms with Crippen LogP contribution < -0.4 is 0 Å². The first-order valence-corrected chi connectivity index (χ1v) is 6.83. The van der Waals surface area contributed by atoms with Crippen molar-refractivity contribution in [1.82, 2.24) is 0 Å². The summed E-state index contributed by atoms with van der Waals surface area (Å²) in [5, 5.41) is 0.960. The molecule has 1 aliphatic rings. The average Bonchev–Trinajstić information content (AvgIpc) is 2.82. The number of rotatable bonds is 1. The Balaban J connectivity index is 1.94. The van der Waals surface area contributed by atoms with Gasteiger partial charge in [0.2, 0.25) is 0 Å². The minimum atomic E-state index is -4.34. The van der Waals surface area contributed by atoms with E-state index in [0.29, 0.717) is 33.4 Å². The van der Waals surface area contributed by atoms with E-state index in [2.05, 4.69) is 4.99 Å². The second-order valence-corrected chi connectivity index (χ2v) is 5.55. The van der Waals surface area contributed by atoms with Crippen LogP contribution in [0.2, 0.25) is 10.0 Å². The molecule has 0 aromatic heterocycles. The minimum Gasteiger partial charge on any atom is -0.251 e. The first kappa shape index (κ1) is 14.4. The Bertz CT molecular complexity index is 734. The van der Waals surface area contributed by atoms with Gasteiger partial charge in [0, 0.05) is 11.4 Å². The number of benzene rings is 2. The molecule has 2 aromatic rings. The van der Waals surface area contributed by atoms with Gasteiger partial charge in [0.1, 0.15) is 0 Å². The monoisotopic (exact) mass is 329 g/mol. The fraction of sp³-hybridized carbons (Fsp3) is 0.133. The average molecular weight is 330 g/mol. The summed E-state index contributed by atoms with van der Waals surface area (Å²) in [7, 11) is 0. The first-order valence-electron chi connectivity index (χ1n) is 6.08. The highest BCUT2D eigenvalue weighted by Gasteiger charge is 2.30. The van der Waals surface area contributed by atoms with Gasteiger partial charge in [0.05, 0.1) is 22.0 Å². The van der Waals surface area contributed by atoms with Crippen LogP contribution in [0, 0.1) is 0 Å². The second kappa shape index (κ2) is 5.04. The lowest BCUT2D eigenvalue weighted by atomic mass is 10.0. The zero-order valence-electron chi connectivity index (χ0n) is 10.5. The quantitative estimate of drug-likeness (QED) is 0.637. The third-order valence-corrected chi connectivity index (χ3v) is 3.76. The van der Waals surface area contributed by atoms with Gasteiger partial charge in [-0.1, -0.05) is 35.3 Å². The molecule has 0 saturated heterocycles. The Hall–Kier alpha value is -1.52. The number of nitrogens with zero attached hydrogens (tertiary/aromatic N) is 1. The zero-order valence-corrected chi connectivity index (χ0v) is 12.0. The Morgan fingerprint density at radius 3 is 2.29 bits per heavy atom. The molecule has 0 amide bonds. The summed E-state index contributed by atoms with van der Waals surface area (Å²) in [5.74, 6) is 0. The molecule has 108 valence electrons. The lowest BCUT2D eigenvalue weighted by molar-refractivity contribution is -0.137. The van der Waals surface area contributed by atoms with E-state index in [0.717, 1.165) is 17.7 Å². The molecular formula is C15H8Cl2F3N. The van der Waals surface area contributed by atoms with E-state index in [4.69, 9.17) is 23.2 Å². The predicted octanol–water partition coefficient (Wildman–Crippen LogP) is 5.69. The van der Waals surface area contributed by atoms with Crippen LogP contribution in [0.3, 0.4) is 0 Å². The number of alkyl halides is 3. The van der Waals surface area contributed by atoms with Gasteiger partial charge in [-0.15, -0.1) is 0 Å². The van der Waals surface area contributed by atoms with Crippen LogP contribution in [0.4, 0.5) is 18.9 Å². The summed E-state index contributed by atoms with van der Waals surface area (Å²) < 4.78 is 37.6. The fourth-order valence-corrected chi connectivity index (χ4v) is 2.83. The number of fused-ring (bicyclic) bond motifs is 1. The molecule has 0 spiro atoms. The van der Waals surface area contributed by atoms with Gasteiger partial charge in [-0.05, 0) is 35.4 Å². The molecule has 3 rings (SSSR count). The summed E-state index contributed by atoms with van der Waals surface area (Å²) in [6.45, 7) is 0. The summed E-state index contributed by atoms with van der Waals surface area (Å²) in [6.07, 6.45) is -3.84. The maximum atomic E-state index is 12.5. The largest absolute Gasteiger partial charge is 0.416 e. The summed E-state index contributed by atoms with van der Waals surface area (Å²) in [6, 6.07) is 8.31. The third-order valence-electron chi connectivity index (χ3n) is 3.26. The van der Waals surface area contributed by atoms with Crippen molar-refractivity contribution in [3.63, 3.8) is 0 Å². The van der Waals surface area contributed by atoms with Crippen molar-refractivity contribution in [2.75, 3.05) is 0 Å². The topological polar surface area (TPSA) is 12.4 Å². The van der Waals surface area contributed by atoms with Crippen molar-refractivity contribution in [3.05, 3.63) is 63.1 Å². The molecule has 0 saturated carbocycles. The highest BCUT2D eigenvalue weighted by molar-refractivity contribution is 6.37. The molecule has 6 heteroatoms. The molecule has 21 heavy (non-hydrogen) atoms. The molecule has 1 aliphatic heterocycles. The normalized spacial score (nSPS) is 14.0. The van der Waals surface area contributed by atoms with E-state index in [1.165, 1.54) is 12.1 Å². The van der Waals surface area contributed by atoms with Crippen LogP contribution in [-0.2, 0) is 12.6 Å². The van der Waals surface area contributed by atoms with E-state index in [-0.39, 0.29) is 0 Å². The van der Waals surface area contributed by atoms with Crippen LogP contribution in [-0.4, -0.2) is 5.71 Å². The predicted molar refractivity (Wildman–Crippen MR) is 77.8 cm³/mol. The van der Waals surface area contributed by atoms with Crippen LogP contribution >= 0.6 is 23.2 Å². The van der Waals surface area contributed by atoms with Crippen LogP contribution in [0.5, 0.6) is 0 Å². The lowest BCUT2D eigenvalue weighted by Crippen LogP contribution is -2.06. The van der Waals surface area contributed by atoms with Gasteiger partial charge in [-0.3, -0.25) is 4.99 Å². The van der Waals surface area contributed by atoms with E-state index in [9.17, 15) is 13.2 Å². The molecule has 0 atom stereocenters. The van der Waals surface area contributed by atoms with E-state index >= 15 is 0 Å². The highest BCUT2D eigenvalue weighted by Crippen LogP contribution is 2.38. The van der Waals surface area contributed by atoms with Gasteiger partial charge >= 0.3 is 6.18 Å². The van der Waals surface area contributed by atoms with E-state index < -0.39 is 11.7 Å². The molecule has 0 N–H and O–H groups in total. The van der Waals surface area contributed by atoms with Crippen molar-refractivity contribution < 1.29 is 13.2 Å². The number of hydrogen-bond donors (Lipinski definition) is 0. The molecule has 2 aromatic carbocycles. The SMILES string of the molecule is FC(F)(F)c1ccc(C2=Nc3c(Cl)cc(Cl)cc3C2)cc1. The third kappa shape index (κ3) is 2.78. The summed E-state index contributed by atoms with van der Waals surface area (Å²) in [5.41, 5.74) is 2.16. The van der Waals surface area contributed by atoms with Crippen molar-refractivity contribution in [1.29, 1.82) is 0 Å². The van der Waals surface area contributed by atoms with Crippen LogP contribution in [0.15, 0.2) is 41.4 Å². The van der Waals surface area contributed by atoms with Crippen molar-refractivity contribution >= 4 is 34.6 Å². The number of halogens is 5. The summed E-state index contributed by atoms with van der Waals surface area (Å²) >= 11 is 12.0. The van der Waals surface area contributed by atoms with E-state index in [1.54, 1.807) is 12.1 Å². The van der Waals surface area contributed by atoms with Gasteiger partial charge in [0.25, 0.3) is 0 Å². The second-order valence-electron chi connectivity index (χ2n) is 4.71. The Labute approximate surface area is 129 Å². The molecule has 0 unspecified atom stereocenters. The standard InChI is InChI=1S/C15H8Cl2F3N/c16-11-5-9-6-13(21-14(9)12(17)7-11)8-1-3-10(4-2-8)15(18,19)20/h1-5,7H,6H2. The Morgan fingerprint density at radius 2 is 1.67 bits per heavy atom. The van der Waals surface area contributed by atoms with Crippen molar-refractivity contribution in [3.8, 4) is 0 Å². The molecule has 0 aliphatic carbocycles. The van der Waals surface area contributed by atoms with E-state index in [1.807, 2.05) is 0 Å². The smallest absolute Gasteiger partial charge is 0.251 e. The molecular weight excluding hydrogens is 322 g/mol. The van der Waals surface area contributed by atoms with Gasteiger partial charge in [0.15, 0.2) is 0 Å². The Kier molecular flexibility index (Phi) is 3.46. The highest BCUT2D eigenvalue weighted by atomic mass is 35.5. The Morgan fingerprint density at radius 1 is 1.00 bits per heavy atom.